The van der Waals surface area contributed by atoms with E-state index in [1.54, 1.807) is 0 Å². The molecule has 4 aromatic heterocycles. The third kappa shape index (κ3) is 5.85. The van der Waals surface area contributed by atoms with Crippen LogP contribution >= 0.6 is 22.7 Å². The Morgan fingerprint density at radius 3 is 1.09 bits per heavy atom. The van der Waals surface area contributed by atoms with Crippen molar-refractivity contribution in [3.63, 3.8) is 0 Å². The van der Waals surface area contributed by atoms with Crippen LogP contribution in [-0.2, 0) is 0 Å². The van der Waals surface area contributed by atoms with E-state index in [9.17, 15) is 0 Å². The van der Waals surface area contributed by atoms with Gasteiger partial charge >= 0.3 is 0 Å². The van der Waals surface area contributed by atoms with Crippen molar-refractivity contribution in [3.8, 4) is 65.8 Å². The third-order valence-electron chi connectivity index (χ3n) is 11.3. The zero-order valence-corrected chi connectivity index (χ0v) is 32.7. The second-order valence-electron chi connectivity index (χ2n) is 15.0. The van der Waals surface area contributed by atoms with Crippen LogP contribution in [0.5, 0.6) is 0 Å². The van der Waals surface area contributed by atoms with E-state index in [-0.39, 0.29) is 0 Å². The van der Waals surface area contributed by atoms with Gasteiger partial charge in [-0.15, -0.1) is 22.7 Å². The van der Waals surface area contributed by atoms with Crippen molar-refractivity contribution in [2.24, 2.45) is 0 Å². The highest BCUT2D eigenvalue weighted by atomic mass is 32.1. The molecule has 0 saturated carbocycles. The number of hydrogen-bond acceptors (Lipinski definition) is 4. The number of thiophene rings is 2. The normalized spacial score (nSPS) is 11.8. The Bertz CT molecular complexity index is 3170. The van der Waals surface area contributed by atoms with Gasteiger partial charge in [-0.3, -0.25) is 0 Å². The smallest absolute Gasteiger partial charge is 0.135 e. The molecule has 0 saturated heterocycles. The first kappa shape index (κ1) is 33.2. The molecule has 12 aromatic rings. The maximum atomic E-state index is 6.47. The lowest BCUT2D eigenvalue weighted by Crippen LogP contribution is -1.78. The lowest BCUT2D eigenvalue weighted by atomic mass is 10.0. The van der Waals surface area contributed by atoms with Crippen LogP contribution in [0.25, 0.3) is 119 Å². The molecule has 12 rings (SSSR count). The molecular formula is C54H32O2S2. The van der Waals surface area contributed by atoms with Gasteiger partial charge in [-0.2, -0.15) is 0 Å². The highest BCUT2D eigenvalue weighted by Crippen LogP contribution is 2.40. The summed E-state index contributed by atoms with van der Waals surface area (Å²) in [6.07, 6.45) is 0. The second kappa shape index (κ2) is 13.3. The van der Waals surface area contributed by atoms with Crippen molar-refractivity contribution in [2.75, 3.05) is 0 Å². The third-order valence-corrected chi connectivity index (χ3v) is 13.6. The predicted octanol–water partition coefficient (Wildman–Crippen LogP) is 16.8. The molecule has 0 amide bonds. The summed E-state index contributed by atoms with van der Waals surface area (Å²) in [6.45, 7) is 0. The average molecular weight is 777 g/mol. The van der Waals surface area contributed by atoms with Crippen LogP contribution in [0, 0.1) is 0 Å². The summed E-state index contributed by atoms with van der Waals surface area (Å²) in [7, 11) is 0. The van der Waals surface area contributed by atoms with Crippen molar-refractivity contribution in [1.82, 2.24) is 0 Å². The van der Waals surface area contributed by atoms with Crippen molar-refractivity contribution >= 4 is 75.6 Å². The molecule has 4 heteroatoms. The lowest BCUT2D eigenvalue weighted by molar-refractivity contribution is 0.631. The molecule has 0 spiro atoms. The maximum Gasteiger partial charge on any atom is 0.135 e. The zero-order chi connectivity index (χ0) is 38.2. The summed E-state index contributed by atoms with van der Waals surface area (Å²) in [5, 5.41) is 6.94. The molecule has 0 unspecified atom stereocenters. The summed E-state index contributed by atoms with van der Waals surface area (Å²) in [5.74, 6) is 1.72. The highest BCUT2D eigenvalue weighted by molar-refractivity contribution is 7.22. The molecule has 0 aliphatic rings. The molecular weight excluding hydrogens is 745 g/mol. The van der Waals surface area contributed by atoms with E-state index in [0.717, 1.165) is 55.4 Å². The molecule has 0 aliphatic heterocycles. The maximum absolute atomic E-state index is 6.47. The van der Waals surface area contributed by atoms with E-state index >= 15 is 0 Å². The van der Waals surface area contributed by atoms with Crippen LogP contribution in [0.3, 0.4) is 0 Å². The van der Waals surface area contributed by atoms with Gasteiger partial charge in [-0.1, -0.05) is 133 Å². The standard InChI is InChI=1S/C54H32O2S2/c1-3-7-37(8-4-1)51-31-41-21-19-39(29-53(41)57-51)33-11-15-35(16-12-33)47-27-45-23-43-26-50-46(24-44(43)25-49(45)55-47)28-48(56-50)36-17-13-34(14-18-36)40-20-22-42-32-52(58-54(42)30-40)38-9-5-2-6-10-38/h1-32H. The largest absolute Gasteiger partial charge is 0.456 e. The van der Waals surface area contributed by atoms with E-state index in [0.29, 0.717) is 0 Å². The lowest BCUT2D eigenvalue weighted by Gasteiger charge is -2.03. The van der Waals surface area contributed by atoms with Gasteiger partial charge in [0.15, 0.2) is 0 Å². The Kier molecular flexibility index (Phi) is 7.62. The Morgan fingerprint density at radius 1 is 0.259 bits per heavy atom. The molecule has 0 aliphatic carbocycles. The molecule has 0 N–H and O–H groups in total. The first-order valence-corrected chi connectivity index (χ1v) is 21.1. The van der Waals surface area contributed by atoms with E-state index in [1.807, 2.05) is 22.7 Å². The fraction of sp³-hybridized carbons (Fsp3) is 0. The molecule has 272 valence electrons. The number of rotatable bonds is 6. The highest BCUT2D eigenvalue weighted by Gasteiger charge is 2.14. The van der Waals surface area contributed by atoms with Gasteiger partial charge in [0.2, 0.25) is 0 Å². The summed E-state index contributed by atoms with van der Waals surface area (Å²) in [5.41, 5.74) is 11.2. The summed E-state index contributed by atoms with van der Waals surface area (Å²) < 4.78 is 15.5. The molecule has 0 atom stereocenters. The fourth-order valence-corrected chi connectivity index (χ4v) is 10.4. The summed E-state index contributed by atoms with van der Waals surface area (Å²) >= 11 is 3.68. The number of fused-ring (bicyclic) bond motifs is 5. The topological polar surface area (TPSA) is 26.3 Å². The van der Waals surface area contributed by atoms with Crippen LogP contribution in [0.15, 0.2) is 203 Å². The molecule has 58 heavy (non-hydrogen) atoms. The monoisotopic (exact) mass is 776 g/mol. The molecule has 0 bridgehead atoms. The van der Waals surface area contributed by atoms with E-state index < -0.39 is 0 Å². The average Bonchev–Trinajstić information content (AvgIpc) is 4.09. The van der Waals surface area contributed by atoms with Crippen LogP contribution < -0.4 is 0 Å². The summed E-state index contributed by atoms with van der Waals surface area (Å²) in [6, 6.07) is 69.7. The van der Waals surface area contributed by atoms with Gasteiger partial charge in [0.25, 0.3) is 0 Å². The van der Waals surface area contributed by atoms with Crippen molar-refractivity contribution < 1.29 is 8.83 Å². The van der Waals surface area contributed by atoms with Crippen LogP contribution in [-0.4, -0.2) is 0 Å². The Balaban J connectivity index is 0.791. The number of furan rings is 2. The molecule has 0 fully saturated rings. The minimum atomic E-state index is 0.861. The van der Waals surface area contributed by atoms with Crippen LogP contribution in [0.1, 0.15) is 0 Å². The Labute approximate surface area is 342 Å². The van der Waals surface area contributed by atoms with E-state index in [4.69, 9.17) is 8.83 Å². The minimum absolute atomic E-state index is 0.861. The van der Waals surface area contributed by atoms with Crippen molar-refractivity contribution in [1.29, 1.82) is 0 Å². The molecule has 2 nitrogen and oxygen atoms in total. The van der Waals surface area contributed by atoms with Gasteiger partial charge in [0.1, 0.15) is 22.7 Å². The Hall–Kier alpha value is -6.98. The van der Waals surface area contributed by atoms with Gasteiger partial charge < -0.3 is 8.83 Å². The first-order valence-electron chi connectivity index (χ1n) is 19.4. The van der Waals surface area contributed by atoms with Gasteiger partial charge in [0.05, 0.1) is 0 Å². The zero-order valence-electron chi connectivity index (χ0n) is 31.1. The van der Waals surface area contributed by atoms with E-state index in [1.165, 1.54) is 63.3 Å². The van der Waals surface area contributed by atoms with Crippen LogP contribution in [0.2, 0.25) is 0 Å². The quantitative estimate of drug-likeness (QED) is 0.168. The summed E-state index contributed by atoms with van der Waals surface area (Å²) in [4.78, 5) is 2.59. The molecule has 4 heterocycles. The van der Waals surface area contributed by atoms with Gasteiger partial charge in [-0.25, -0.2) is 0 Å². The SMILES string of the molecule is c1ccc(-c2cc3ccc(-c4ccc(-c5cc6cc7cc8oc(-c9ccc(-c%10ccc%11cc(-c%12ccccc%12)sc%11c%10)cc9)cc8cc7cc6o5)cc4)cc3s2)cc1. The minimum Gasteiger partial charge on any atom is -0.456 e. The van der Waals surface area contributed by atoms with Crippen molar-refractivity contribution in [2.45, 2.75) is 0 Å². The Morgan fingerprint density at radius 2 is 0.655 bits per heavy atom. The second-order valence-corrected chi connectivity index (χ2v) is 17.1. The van der Waals surface area contributed by atoms with Gasteiger partial charge in [-0.05, 0) is 116 Å². The molecule has 0 radical (unpaired) electrons. The number of hydrogen-bond donors (Lipinski definition) is 0. The fourth-order valence-electron chi connectivity index (χ4n) is 8.17. The molecule has 8 aromatic carbocycles. The predicted molar refractivity (Wildman–Crippen MR) is 247 cm³/mol. The van der Waals surface area contributed by atoms with Crippen molar-refractivity contribution in [3.05, 3.63) is 194 Å². The van der Waals surface area contributed by atoms with Gasteiger partial charge in [0, 0.05) is 41.1 Å². The van der Waals surface area contributed by atoms with Crippen LogP contribution in [0.4, 0.5) is 0 Å². The van der Waals surface area contributed by atoms with E-state index in [2.05, 4.69) is 194 Å². The number of benzene rings is 8. The first-order chi connectivity index (χ1) is 28.6.